The molecule has 13 heavy (non-hydrogen) atoms. The zero-order valence-electron chi connectivity index (χ0n) is 9.22. The van der Waals surface area contributed by atoms with Crippen LogP contribution in [0.25, 0.3) is 0 Å². The largest absolute Gasteiger partial charge is 0.303 e. The van der Waals surface area contributed by atoms with Gasteiger partial charge < -0.3 is 4.79 Å². The van der Waals surface area contributed by atoms with Crippen LogP contribution in [0, 0.1) is 5.92 Å². The van der Waals surface area contributed by atoms with Gasteiger partial charge in [-0.15, -0.1) is 0 Å². The molecule has 1 unspecified atom stereocenters. The number of carbonyl (C=O) groups excluding carboxylic acids is 1. The summed E-state index contributed by atoms with van der Waals surface area (Å²) >= 11 is 0. The smallest absolute Gasteiger partial charge is 0.123 e. The van der Waals surface area contributed by atoms with Gasteiger partial charge in [-0.1, -0.05) is 52.4 Å². The zero-order chi connectivity index (χ0) is 9.94. The van der Waals surface area contributed by atoms with Crippen molar-refractivity contribution in [2.24, 2.45) is 5.92 Å². The fourth-order valence-electron chi connectivity index (χ4n) is 1.58. The van der Waals surface area contributed by atoms with Gasteiger partial charge in [-0.2, -0.15) is 0 Å². The predicted octanol–water partition coefficient (Wildman–Crippen LogP) is 3.96. The third-order valence-corrected chi connectivity index (χ3v) is 2.55. The van der Waals surface area contributed by atoms with Gasteiger partial charge in [0.05, 0.1) is 0 Å². The van der Waals surface area contributed by atoms with Crippen LogP contribution in [-0.2, 0) is 4.79 Å². The Bertz CT molecular complexity index is 110. The van der Waals surface area contributed by atoms with Crippen LogP contribution in [0.2, 0.25) is 0 Å². The van der Waals surface area contributed by atoms with Gasteiger partial charge in [-0.05, 0) is 12.8 Å². The second-order valence-corrected chi connectivity index (χ2v) is 3.89. The first kappa shape index (κ1) is 12.7. The van der Waals surface area contributed by atoms with Crippen LogP contribution in [0.5, 0.6) is 0 Å². The fourth-order valence-corrected chi connectivity index (χ4v) is 1.58. The van der Waals surface area contributed by atoms with E-state index < -0.39 is 0 Å². The van der Waals surface area contributed by atoms with Crippen molar-refractivity contribution in [2.45, 2.75) is 65.2 Å². The van der Waals surface area contributed by atoms with Gasteiger partial charge in [0.25, 0.3) is 0 Å². The molecule has 0 bridgehead atoms. The summed E-state index contributed by atoms with van der Waals surface area (Å²) < 4.78 is 0. The van der Waals surface area contributed by atoms with Crippen molar-refractivity contribution in [1.82, 2.24) is 0 Å². The highest BCUT2D eigenvalue weighted by atomic mass is 16.1. The summed E-state index contributed by atoms with van der Waals surface area (Å²) in [4.78, 5) is 10.7. The number of hydrogen-bond acceptors (Lipinski definition) is 1. The van der Waals surface area contributed by atoms with E-state index in [1.165, 1.54) is 38.5 Å². The molecular formula is C12H24O. The lowest BCUT2D eigenvalue weighted by Crippen LogP contribution is -2.01. The van der Waals surface area contributed by atoms with Crippen molar-refractivity contribution in [3.05, 3.63) is 0 Å². The average molecular weight is 184 g/mol. The molecule has 0 amide bonds. The summed E-state index contributed by atoms with van der Waals surface area (Å²) in [6.45, 7) is 4.40. The Morgan fingerprint density at radius 3 is 2.08 bits per heavy atom. The molecule has 78 valence electrons. The van der Waals surface area contributed by atoms with E-state index in [0.717, 1.165) is 19.1 Å². The highest BCUT2D eigenvalue weighted by Crippen LogP contribution is 2.14. The van der Waals surface area contributed by atoms with Gasteiger partial charge in [0.15, 0.2) is 0 Å². The SMILES string of the molecule is CCCCCCC(C=O)CCCC. The van der Waals surface area contributed by atoms with Crippen molar-refractivity contribution < 1.29 is 4.79 Å². The fraction of sp³-hybridized carbons (Fsp3) is 0.917. The van der Waals surface area contributed by atoms with E-state index in [4.69, 9.17) is 0 Å². The lowest BCUT2D eigenvalue weighted by Gasteiger charge is -2.08. The molecule has 1 heteroatoms. The standard InChI is InChI=1S/C12H24O/c1-3-5-7-8-10-12(11-13)9-6-4-2/h11-12H,3-10H2,1-2H3. The van der Waals surface area contributed by atoms with Crippen molar-refractivity contribution in [3.63, 3.8) is 0 Å². The molecule has 0 aliphatic carbocycles. The van der Waals surface area contributed by atoms with E-state index in [1.54, 1.807) is 0 Å². The number of aldehydes is 1. The van der Waals surface area contributed by atoms with Gasteiger partial charge in [0, 0.05) is 5.92 Å². The number of carbonyl (C=O) groups is 1. The van der Waals surface area contributed by atoms with Crippen LogP contribution in [0.1, 0.15) is 65.2 Å². The molecule has 0 heterocycles. The summed E-state index contributed by atoms with van der Waals surface area (Å²) in [6, 6.07) is 0. The predicted molar refractivity (Wildman–Crippen MR) is 57.8 cm³/mol. The molecule has 0 radical (unpaired) electrons. The molecule has 0 aliphatic heterocycles. The second kappa shape index (κ2) is 9.76. The Kier molecular flexibility index (Phi) is 9.51. The number of rotatable bonds is 9. The van der Waals surface area contributed by atoms with Gasteiger partial charge in [0.1, 0.15) is 6.29 Å². The quantitative estimate of drug-likeness (QED) is 0.391. The summed E-state index contributed by atoms with van der Waals surface area (Å²) in [7, 11) is 0. The zero-order valence-corrected chi connectivity index (χ0v) is 9.22. The summed E-state index contributed by atoms with van der Waals surface area (Å²) in [6.07, 6.45) is 10.9. The Hall–Kier alpha value is -0.330. The number of unbranched alkanes of at least 4 members (excludes halogenated alkanes) is 4. The van der Waals surface area contributed by atoms with E-state index in [2.05, 4.69) is 13.8 Å². The Labute approximate surface area is 82.9 Å². The molecule has 0 rings (SSSR count). The van der Waals surface area contributed by atoms with Gasteiger partial charge in [-0.3, -0.25) is 0 Å². The van der Waals surface area contributed by atoms with Gasteiger partial charge in [0.2, 0.25) is 0 Å². The van der Waals surface area contributed by atoms with Crippen LogP contribution < -0.4 is 0 Å². The molecule has 0 saturated carbocycles. The minimum Gasteiger partial charge on any atom is -0.303 e. The first-order chi connectivity index (χ1) is 6.35. The molecule has 0 aromatic rings. The summed E-state index contributed by atoms with van der Waals surface area (Å²) in [5.74, 6) is 0.344. The van der Waals surface area contributed by atoms with E-state index in [0.29, 0.717) is 5.92 Å². The summed E-state index contributed by atoms with van der Waals surface area (Å²) in [5.41, 5.74) is 0. The maximum Gasteiger partial charge on any atom is 0.123 e. The minimum absolute atomic E-state index is 0.344. The van der Waals surface area contributed by atoms with Gasteiger partial charge >= 0.3 is 0 Å². The first-order valence-electron chi connectivity index (χ1n) is 5.80. The Morgan fingerprint density at radius 2 is 1.54 bits per heavy atom. The monoisotopic (exact) mass is 184 g/mol. The van der Waals surface area contributed by atoms with Crippen LogP contribution in [0.3, 0.4) is 0 Å². The lowest BCUT2D eigenvalue weighted by atomic mass is 9.97. The van der Waals surface area contributed by atoms with E-state index in [9.17, 15) is 4.79 Å². The Morgan fingerprint density at radius 1 is 0.923 bits per heavy atom. The molecule has 0 aromatic heterocycles. The van der Waals surface area contributed by atoms with Crippen molar-refractivity contribution in [2.75, 3.05) is 0 Å². The van der Waals surface area contributed by atoms with E-state index in [1.807, 2.05) is 0 Å². The van der Waals surface area contributed by atoms with E-state index >= 15 is 0 Å². The molecule has 1 nitrogen and oxygen atoms in total. The highest BCUT2D eigenvalue weighted by Gasteiger charge is 2.05. The lowest BCUT2D eigenvalue weighted by molar-refractivity contribution is -0.111. The normalized spacial score (nSPS) is 12.8. The molecule has 0 saturated heterocycles. The topological polar surface area (TPSA) is 17.1 Å². The number of hydrogen-bond donors (Lipinski definition) is 0. The summed E-state index contributed by atoms with van der Waals surface area (Å²) in [5, 5.41) is 0. The highest BCUT2D eigenvalue weighted by molar-refractivity contribution is 5.53. The van der Waals surface area contributed by atoms with Crippen LogP contribution in [0.15, 0.2) is 0 Å². The molecular weight excluding hydrogens is 160 g/mol. The molecule has 0 spiro atoms. The maximum atomic E-state index is 10.7. The van der Waals surface area contributed by atoms with Crippen LogP contribution in [0.4, 0.5) is 0 Å². The molecule has 0 fully saturated rings. The molecule has 0 aromatic carbocycles. The molecule has 0 N–H and O–H groups in total. The average Bonchev–Trinajstić information content (AvgIpc) is 2.17. The minimum atomic E-state index is 0.344. The first-order valence-corrected chi connectivity index (χ1v) is 5.80. The van der Waals surface area contributed by atoms with Crippen molar-refractivity contribution >= 4 is 6.29 Å². The third kappa shape index (κ3) is 8.01. The molecule has 0 aliphatic rings. The Balaban J connectivity index is 3.31. The van der Waals surface area contributed by atoms with E-state index in [-0.39, 0.29) is 0 Å². The maximum absolute atomic E-state index is 10.7. The van der Waals surface area contributed by atoms with Crippen molar-refractivity contribution in [3.8, 4) is 0 Å². The van der Waals surface area contributed by atoms with Crippen LogP contribution in [-0.4, -0.2) is 6.29 Å². The third-order valence-electron chi connectivity index (χ3n) is 2.55. The van der Waals surface area contributed by atoms with Gasteiger partial charge in [-0.25, -0.2) is 0 Å². The molecule has 1 atom stereocenters. The van der Waals surface area contributed by atoms with Crippen molar-refractivity contribution in [1.29, 1.82) is 0 Å². The second-order valence-electron chi connectivity index (χ2n) is 3.89. The van der Waals surface area contributed by atoms with Crippen LogP contribution >= 0.6 is 0 Å².